The smallest absolute Gasteiger partial charge is 0.411 e. The maximum absolute atomic E-state index is 13.9. The number of hydrogen-bond donors (Lipinski definition) is 1. The summed E-state index contributed by atoms with van der Waals surface area (Å²) in [6.45, 7) is 3.09. The summed E-state index contributed by atoms with van der Waals surface area (Å²) in [6, 6.07) is 17.3. The summed E-state index contributed by atoms with van der Waals surface area (Å²) in [5, 5.41) is 2.69. The van der Waals surface area contributed by atoms with Gasteiger partial charge in [-0.05, 0) is 30.9 Å². The van der Waals surface area contributed by atoms with Crippen LogP contribution in [0.2, 0.25) is 0 Å². The van der Waals surface area contributed by atoms with E-state index in [4.69, 9.17) is 14.2 Å². The van der Waals surface area contributed by atoms with Gasteiger partial charge in [0, 0.05) is 19.9 Å². The van der Waals surface area contributed by atoms with Gasteiger partial charge in [0.1, 0.15) is 18.2 Å². The van der Waals surface area contributed by atoms with Crippen LogP contribution >= 0.6 is 0 Å². The Balaban J connectivity index is 1.89. The van der Waals surface area contributed by atoms with Gasteiger partial charge in [-0.3, -0.25) is 14.5 Å². The number of hydrogen-bond acceptors (Lipinski definition) is 7. The van der Waals surface area contributed by atoms with Crippen LogP contribution in [0.15, 0.2) is 60.7 Å². The zero-order valence-electron chi connectivity index (χ0n) is 20.8. The first-order valence-electron chi connectivity index (χ1n) is 11.8. The lowest BCUT2D eigenvalue weighted by molar-refractivity contribution is -0.157. The largest absolute Gasteiger partial charge is 0.467 e. The fraction of sp³-hybridized carbons (Fsp3) is 0.407. The van der Waals surface area contributed by atoms with E-state index in [1.165, 1.54) is 25.9 Å². The monoisotopic (exact) mass is 496 g/mol. The third kappa shape index (κ3) is 6.41. The summed E-state index contributed by atoms with van der Waals surface area (Å²) >= 11 is 0. The molecule has 0 aliphatic carbocycles. The van der Waals surface area contributed by atoms with Gasteiger partial charge in [-0.1, -0.05) is 60.7 Å². The molecule has 1 aliphatic heterocycles. The predicted octanol–water partition coefficient (Wildman–Crippen LogP) is 3.01. The number of likely N-dealkylation sites (tertiary alicyclic amines) is 1. The Morgan fingerprint density at radius 3 is 2.19 bits per heavy atom. The van der Waals surface area contributed by atoms with Crippen LogP contribution in [0.1, 0.15) is 37.8 Å². The van der Waals surface area contributed by atoms with E-state index >= 15 is 0 Å². The van der Waals surface area contributed by atoms with Crippen LogP contribution in [0, 0.1) is 0 Å². The average Bonchev–Trinajstić information content (AvgIpc) is 3.30. The van der Waals surface area contributed by atoms with Crippen molar-refractivity contribution in [2.75, 3.05) is 13.7 Å². The molecule has 1 saturated heterocycles. The highest BCUT2D eigenvalue weighted by molar-refractivity contribution is 5.94. The molecule has 2 aromatic carbocycles. The Labute approximate surface area is 210 Å². The van der Waals surface area contributed by atoms with Crippen LogP contribution in [0.4, 0.5) is 4.79 Å². The Bertz CT molecular complexity index is 1060. The lowest BCUT2D eigenvalue weighted by atomic mass is 9.86. The third-order valence-corrected chi connectivity index (χ3v) is 6.24. The number of methoxy groups -OCH3 is 1. The van der Waals surface area contributed by atoms with Gasteiger partial charge in [0.15, 0.2) is 6.04 Å². The van der Waals surface area contributed by atoms with Crippen LogP contribution in [0.5, 0.6) is 0 Å². The lowest BCUT2D eigenvalue weighted by Crippen LogP contribution is -2.62. The standard InChI is InChI=1S/C27H32N2O7/c1-19(36-20(2)30)23(24(31)34-3)28-25(32)27(17-21-11-6-4-7-12-21)15-10-16-29(27)26(33)35-18-22-13-8-5-9-14-22/h4-9,11-14,19,23H,10,15-18H2,1-3H3,(H,28,32)/t19-,23+,27?/m1/s1. The molecule has 0 bridgehead atoms. The molecule has 2 aromatic rings. The van der Waals surface area contributed by atoms with Crippen molar-refractivity contribution in [2.24, 2.45) is 0 Å². The van der Waals surface area contributed by atoms with Crippen molar-refractivity contribution in [3.63, 3.8) is 0 Å². The van der Waals surface area contributed by atoms with Crippen molar-refractivity contribution in [1.82, 2.24) is 10.2 Å². The minimum atomic E-state index is -1.31. The summed E-state index contributed by atoms with van der Waals surface area (Å²) in [7, 11) is 1.19. The molecular formula is C27H32N2O7. The number of nitrogens with zero attached hydrogens (tertiary/aromatic N) is 1. The second-order valence-electron chi connectivity index (χ2n) is 8.78. The van der Waals surface area contributed by atoms with E-state index in [2.05, 4.69) is 5.32 Å². The van der Waals surface area contributed by atoms with E-state index in [-0.39, 0.29) is 13.0 Å². The number of nitrogens with one attached hydrogen (secondary N) is 1. The molecule has 192 valence electrons. The Morgan fingerprint density at radius 2 is 1.61 bits per heavy atom. The molecule has 9 heteroatoms. The number of rotatable bonds is 9. The molecule has 1 unspecified atom stereocenters. The molecule has 0 saturated carbocycles. The van der Waals surface area contributed by atoms with E-state index in [0.717, 1.165) is 11.1 Å². The number of carbonyl (C=O) groups excluding carboxylic acids is 4. The van der Waals surface area contributed by atoms with Crippen LogP contribution < -0.4 is 5.32 Å². The summed E-state index contributed by atoms with van der Waals surface area (Å²) < 4.78 is 15.6. The highest BCUT2D eigenvalue weighted by atomic mass is 16.6. The molecule has 1 N–H and O–H groups in total. The average molecular weight is 497 g/mol. The Kier molecular flexibility index (Phi) is 9.05. The number of ether oxygens (including phenoxy) is 3. The van der Waals surface area contributed by atoms with Gasteiger partial charge in [-0.2, -0.15) is 0 Å². The van der Waals surface area contributed by atoms with Crippen molar-refractivity contribution in [3.05, 3.63) is 71.8 Å². The molecule has 0 radical (unpaired) electrons. The van der Waals surface area contributed by atoms with E-state index in [9.17, 15) is 19.2 Å². The second-order valence-corrected chi connectivity index (χ2v) is 8.78. The highest BCUT2D eigenvalue weighted by Crippen LogP contribution is 2.34. The van der Waals surface area contributed by atoms with Crippen molar-refractivity contribution in [3.8, 4) is 0 Å². The molecule has 0 spiro atoms. The molecule has 1 fully saturated rings. The van der Waals surface area contributed by atoms with Crippen LogP contribution in [0.25, 0.3) is 0 Å². The zero-order valence-corrected chi connectivity index (χ0v) is 20.8. The quantitative estimate of drug-likeness (QED) is 0.420. The minimum Gasteiger partial charge on any atom is -0.467 e. The van der Waals surface area contributed by atoms with Gasteiger partial charge in [-0.15, -0.1) is 0 Å². The second kappa shape index (κ2) is 12.2. The normalized spacial score (nSPS) is 18.6. The van der Waals surface area contributed by atoms with Crippen molar-refractivity contribution in [2.45, 2.75) is 57.4 Å². The van der Waals surface area contributed by atoms with Crippen LogP contribution in [-0.4, -0.2) is 60.2 Å². The number of benzene rings is 2. The molecule has 36 heavy (non-hydrogen) atoms. The Hall–Kier alpha value is -3.88. The van der Waals surface area contributed by atoms with E-state index in [1.54, 1.807) is 0 Å². The van der Waals surface area contributed by atoms with Gasteiger partial charge < -0.3 is 19.5 Å². The fourth-order valence-electron chi connectivity index (χ4n) is 4.48. The summed E-state index contributed by atoms with van der Waals surface area (Å²) in [6.07, 6.45) is -0.444. The molecule has 1 aliphatic rings. The lowest BCUT2D eigenvalue weighted by Gasteiger charge is -2.38. The van der Waals surface area contributed by atoms with Crippen LogP contribution in [-0.2, 0) is 41.6 Å². The Morgan fingerprint density at radius 1 is 1.00 bits per heavy atom. The molecule has 0 aromatic heterocycles. The summed E-state index contributed by atoms with van der Waals surface area (Å²) in [4.78, 5) is 52.5. The molecular weight excluding hydrogens is 464 g/mol. The number of amides is 2. The maximum atomic E-state index is 13.9. The van der Waals surface area contributed by atoms with Crippen molar-refractivity contribution < 1.29 is 33.4 Å². The summed E-state index contributed by atoms with van der Waals surface area (Å²) in [5.74, 6) is -1.91. The van der Waals surface area contributed by atoms with Crippen molar-refractivity contribution >= 4 is 23.9 Å². The minimum absolute atomic E-state index is 0.0630. The first-order valence-corrected chi connectivity index (χ1v) is 11.8. The molecule has 3 rings (SSSR count). The topological polar surface area (TPSA) is 111 Å². The van der Waals surface area contributed by atoms with Gasteiger partial charge in [0.2, 0.25) is 5.91 Å². The van der Waals surface area contributed by atoms with Gasteiger partial charge >= 0.3 is 18.0 Å². The van der Waals surface area contributed by atoms with E-state index in [0.29, 0.717) is 19.4 Å². The number of esters is 2. The molecule has 9 nitrogen and oxygen atoms in total. The SMILES string of the molecule is COC(=O)[C@@H](NC(=O)C1(Cc2ccccc2)CCCN1C(=O)OCc1ccccc1)[C@@H](C)OC(C)=O. The van der Waals surface area contributed by atoms with Gasteiger partial charge in [-0.25, -0.2) is 9.59 Å². The van der Waals surface area contributed by atoms with Gasteiger partial charge in [0.05, 0.1) is 7.11 Å². The predicted molar refractivity (Wildman–Crippen MR) is 131 cm³/mol. The van der Waals surface area contributed by atoms with Crippen molar-refractivity contribution in [1.29, 1.82) is 0 Å². The zero-order chi connectivity index (χ0) is 26.1. The first-order chi connectivity index (χ1) is 17.3. The maximum Gasteiger partial charge on any atom is 0.411 e. The molecule has 2 amide bonds. The van der Waals surface area contributed by atoms with E-state index in [1.807, 2.05) is 60.7 Å². The number of carbonyl (C=O) groups is 4. The fourth-order valence-corrected chi connectivity index (χ4v) is 4.48. The molecule has 3 atom stereocenters. The molecule has 1 heterocycles. The third-order valence-electron chi connectivity index (χ3n) is 6.24. The first kappa shape index (κ1) is 26.7. The van der Waals surface area contributed by atoms with E-state index < -0.39 is 41.6 Å². The summed E-state index contributed by atoms with van der Waals surface area (Å²) in [5.41, 5.74) is 0.360. The van der Waals surface area contributed by atoms with Crippen LogP contribution in [0.3, 0.4) is 0 Å². The van der Waals surface area contributed by atoms with Gasteiger partial charge in [0.25, 0.3) is 0 Å². The highest BCUT2D eigenvalue weighted by Gasteiger charge is 2.51.